The quantitative estimate of drug-likeness (QED) is 0.398. The lowest BCUT2D eigenvalue weighted by Gasteiger charge is -2.71. The molecule has 4 fully saturated rings. The predicted octanol–water partition coefficient (Wildman–Crippen LogP) is 6.30. The Morgan fingerprint density at radius 3 is 2.11 bits per heavy atom. The fraction of sp³-hybridized carbons (Fsp3) is 0.867. The molecule has 0 aliphatic heterocycles. The van der Waals surface area contributed by atoms with Crippen molar-refractivity contribution in [3.8, 4) is 0 Å². The molecule has 0 aromatic heterocycles. The topological polar surface area (TPSA) is 94.8 Å². The molecule has 0 aromatic rings. The number of aliphatic carboxylic acids is 2. The molecule has 5 aliphatic rings. The molecule has 0 amide bonds. The maximum atomic E-state index is 12.8. The Hall–Kier alpha value is -1.36. The molecular weight excluding hydrogens is 440 g/mol. The van der Waals surface area contributed by atoms with Gasteiger partial charge >= 0.3 is 11.9 Å². The SMILES string of the molecule is CC1(C)[C@@H](O)CC[C@]2(C)[C@H]3CC=C4[C@@H]5C[C@](C)(C(=O)O)CC[C@]5(C(=O)O)CC[C@@]4(C)[C@]3(C)CC[C@@H]12. The van der Waals surface area contributed by atoms with Crippen molar-refractivity contribution < 1.29 is 24.9 Å². The Kier molecular flexibility index (Phi) is 5.32. The standard InChI is InChI=1S/C30H46O5/c1-25(2)20-9-12-29(6)21(27(20,4)11-10-22(25)31)8-7-18-19-17-26(3,23(32)33)13-15-30(19,24(34)35)16-14-28(18,29)5/h7,19-22,31H,8-17H2,1-6H3,(H,32,33)(H,34,35)/t19-,20-,21+,22-,26+,27-,28+,29+,30-/m0/s1. The first-order chi connectivity index (χ1) is 16.1. The zero-order chi connectivity index (χ0) is 25.8. The molecule has 5 heteroatoms. The minimum absolute atomic E-state index is 0.0441. The highest BCUT2D eigenvalue weighted by Crippen LogP contribution is 2.75. The molecule has 0 radical (unpaired) electrons. The molecule has 0 unspecified atom stereocenters. The maximum Gasteiger partial charge on any atom is 0.310 e. The molecule has 5 rings (SSSR count). The molecule has 35 heavy (non-hydrogen) atoms. The lowest BCUT2D eigenvalue weighted by atomic mass is 9.33. The van der Waals surface area contributed by atoms with Crippen LogP contribution >= 0.6 is 0 Å². The summed E-state index contributed by atoms with van der Waals surface area (Å²) in [6.07, 6.45) is 9.97. The van der Waals surface area contributed by atoms with Crippen molar-refractivity contribution in [2.75, 3.05) is 0 Å². The third-order valence-electron chi connectivity index (χ3n) is 13.3. The van der Waals surface area contributed by atoms with Crippen molar-refractivity contribution in [2.24, 2.45) is 50.2 Å². The van der Waals surface area contributed by atoms with E-state index >= 15 is 0 Å². The van der Waals surface area contributed by atoms with Crippen LogP contribution < -0.4 is 0 Å². The van der Waals surface area contributed by atoms with Gasteiger partial charge in [0.25, 0.3) is 0 Å². The van der Waals surface area contributed by atoms with Gasteiger partial charge in [0.2, 0.25) is 0 Å². The molecule has 196 valence electrons. The van der Waals surface area contributed by atoms with Crippen LogP contribution in [0.5, 0.6) is 0 Å². The van der Waals surface area contributed by atoms with Gasteiger partial charge < -0.3 is 15.3 Å². The summed E-state index contributed by atoms with van der Waals surface area (Å²) in [7, 11) is 0. The van der Waals surface area contributed by atoms with E-state index in [-0.39, 0.29) is 33.7 Å². The minimum Gasteiger partial charge on any atom is -0.481 e. The monoisotopic (exact) mass is 486 g/mol. The fourth-order valence-electron chi connectivity index (χ4n) is 10.6. The second-order valence-corrected chi connectivity index (χ2v) is 14.8. The Bertz CT molecular complexity index is 983. The van der Waals surface area contributed by atoms with Crippen molar-refractivity contribution in [3.63, 3.8) is 0 Å². The Labute approximate surface area is 210 Å². The van der Waals surface area contributed by atoms with Crippen molar-refractivity contribution in [1.82, 2.24) is 0 Å². The first-order valence-electron chi connectivity index (χ1n) is 13.9. The molecule has 0 heterocycles. The van der Waals surface area contributed by atoms with E-state index in [1.54, 1.807) is 0 Å². The van der Waals surface area contributed by atoms with Gasteiger partial charge in [-0.1, -0.05) is 46.3 Å². The second kappa shape index (κ2) is 7.36. The van der Waals surface area contributed by atoms with Crippen molar-refractivity contribution >= 4 is 11.9 Å². The minimum atomic E-state index is -0.867. The highest BCUT2D eigenvalue weighted by molar-refractivity contribution is 5.79. The van der Waals surface area contributed by atoms with Crippen LogP contribution in [-0.4, -0.2) is 33.4 Å². The predicted molar refractivity (Wildman–Crippen MR) is 135 cm³/mol. The summed E-state index contributed by atoms with van der Waals surface area (Å²) in [6, 6.07) is 0. The summed E-state index contributed by atoms with van der Waals surface area (Å²) in [5, 5.41) is 31.4. The van der Waals surface area contributed by atoms with E-state index in [4.69, 9.17) is 0 Å². The number of fused-ring (bicyclic) bond motifs is 7. The zero-order valence-corrected chi connectivity index (χ0v) is 22.6. The van der Waals surface area contributed by atoms with E-state index in [1.807, 2.05) is 6.92 Å². The molecule has 0 spiro atoms. The van der Waals surface area contributed by atoms with Crippen LogP contribution in [0.15, 0.2) is 11.6 Å². The van der Waals surface area contributed by atoms with Gasteiger partial charge in [-0.2, -0.15) is 0 Å². The normalized spacial score (nSPS) is 52.7. The van der Waals surface area contributed by atoms with Gasteiger partial charge in [0.1, 0.15) is 0 Å². The van der Waals surface area contributed by atoms with Crippen LogP contribution in [0.3, 0.4) is 0 Å². The second-order valence-electron chi connectivity index (χ2n) is 14.8. The molecule has 0 saturated heterocycles. The third-order valence-corrected chi connectivity index (χ3v) is 13.3. The van der Waals surface area contributed by atoms with E-state index in [0.29, 0.717) is 37.5 Å². The average molecular weight is 487 g/mol. The lowest BCUT2D eigenvalue weighted by Crippen LogP contribution is -2.65. The summed E-state index contributed by atoms with van der Waals surface area (Å²) in [4.78, 5) is 25.0. The third kappa shape index (κ3) is 2.97. The summed E-state index contributed by atoms with van der Waals surface area (Å²) in [5.41, 5.74) is -0.474. The molecule has 5 aliphatic carbocycles. The van der Waals surface area contributed by atoms with Crippen molar-refractivity contribution in [2.45, 2.75) is 112 Å². The van der Waals surface area contributed by atoms with E-state index in [0.717, 1.165) is 38.5 Å². The van der Waals surface area contributed by atoms with E-state index < -0.39 is 22.8 Å². The number of allylic oxidation sites excluding steroid dienone is 2. The van der Waals surface area contributed by atoms with Crippen LogP contribution in [0, 0.1) is 50.2 Å². The number of hydrogen-bond donors (Lipinski definition) is 3. The molecular formula is C30H46O5. The van der Waals surface area contributed by atoms with Gasteiger partial charge in [-0.05, 0) is 111 Å². The number of carboxylic acid groups (broad SMARTS) is 2. The molecule has 0 bridgehead atoms. The first-order valence-corrected chi connectivity index (χ1v) is 13.9. The average Bonchev–Trinajstić information content (AvgIpc) is 2.77. The number of hydrogen-bond acceptors (Lipinski definition) is 3. The van der Waals surface area contributed by atoms with Gasteiger partial charge in [-0.15, -0.1) is 0 Å². The van der Waals surface area contributed by atoms with Crippen LogP contribution in [-0.2, 0) is 9.59 Å². The Morgan fingerprint density at radius 1 is 0.829 bits per heavy atom. The molecule has 4 saturated carbocycles. The largest absolute Gasteiger partial charge is 0.481 e. The smallest absolute Gasteiger partial charge is 0.310 e. The van der Waals surface area contributed by atoms with Crippen LogP contribution in [0.1, 0.15) is 106 Å². The summed E-state index contributed by atoms with van der Waals surface area (Å²) >= 11 is 0. The number of rotatable bonds is 2. The fourth-order valence-corrected chi connectivity index (χ4v) is 10.6. The highest BCUT2D eigenvalue weighted by Gasteiger charge is 2.69. The van der Waals surface area contributed by atoms with Gasteiger partial charge in [0.05, 0.1) is 16.9 Å². The van der Waals surface area contributed by atoms with Crippen molar-refractivity contribution in [3.05, 3.63) is 11.6 Å². The van der Waals surface area contributed by atoms with Crippen LogP contribution in [0.25, 0.3) is 0 Å². The number of carbonyl (C=O) groups is 2. The van der Waals surface area contributed by atoms with Gasteiger partial charge in [0.15, 0.2) is 0 Å². The first kappa shape index (κ1) is 25.3. The molecule has 9 atom stereocenters. The summed E-state index contributed by atoms with van der Waals surface area (Å²) in [5.74, 6) is -0.770. The lowest BCUT2D eigenvalue weighted by molar-refractivity contribution is -0.206. The molecule has 5 nitrogen and oxygen atoms in total. The highest BCUT2D eigenvalue weighted by atomic mass is 16.4. The van der Waals surface area contributed by atoms with Crippen molar-refractivity contribution in [1.29, 1.82) is 0 Å². The Balaban J connectivity index is 1.60. The van der Waals surface area contributed by atoms with E-state index in [1.165, 1.54) is 5.57 Å². The van der Waals surface area contributed by atoms with Gasteiger partial charge in [-0.3, -0.25) is 9.59 Å². The van der Waals surface area contributed by atoms with Crippen LogP contribution in [0.2, 0.25) is 0 Å². The number of aliphatic hydroxyl groups excluding tert-OH is 1. The van der Waals surface area contributed by atoms with E-state index in [2.05, 4.69) is 40.7 Å². The summed E-state index contributed by atoms with van der Waals surface area (Å²) < 4.78 is 0. The number of carboxylic acids is 2. The summed E-state index contributed by atoms with van der Waals surface area (Å²) in [6.45, 7) is 13.7. The van der Waals surface area contributed by atoms with E-state index in [9.17, 15) is 24.9 Å². The molecule has 0 aromatic carbocycles. The van der Waals surface area contributed by atoms with Gasteiger partial charge in [-0.25, -0.2) is 0 Å². The maximum absolute atomic E-state index is 12.8. The Morgan fingerprint density at radius 2 is 1.49 bits per heavy atom. The number of aliphatic hydroxyl groups is 1. The molecule has 3 N–H and O–H groups in total. The zero-order valence-electron chi connectivity index (χ0n) is 22.6. The van der Waals surface area contributed by atoms with Gasteiger partial charge in [0, 0.05) is 0 Å². The van der Waals surface area contributed by atoms with Crippen LogP contribution in [0.4, 0.5) is 0 Å².